The largest absolute Gasteiger partial charge is 0.398 e. The fraction of sp³-hybridized carbons (Fsp3) is 0.231. The molecule has 0 aliphatic carbocycles. The minimum absolute atomic E-state index is 0.0708. The van der Waals surface area contributed by atoms with Crippen molar-refractivity contribution in [1.82, 2.24) is 9.78 Å². The Kier molecular flexibility index (Phi) is 4.42. The van der Waals surface area contributed by atoms with Crippen molar-refractivity contribution in [3.63, 3.8) is 0 Å². The molecule has 0 aliphatic rings. The van der Waals surface area contributed by atoms with Gasteiger partial charge in [0.2, 0.25) is 5.78 Å². The normalized spacial score (nSPS) is 10.7. The lowest BCUT2D eigenvalue weighted by molar-refractivity contribution is 0.102. The Morgan fingerprint density at radius 2 is 2.11 bits per heavy atom. The molecule has 0 saturated heterocycles. The number of carbonyl (C=O) groups excluding carboxylic acids is 1. The topological polar surface area (TPSA) is 60.9 Å². The second-order valence-corrected chi connectivity index (χ2v) is 5.84. The maximum atomic E-state index is 12.5. The third-order valence-corrected chi connectivity index (χ3v) is 3.98. The molecular formula is C13H13Br2N3O. The Morgan fingerprint density at radius 1 is 1.37 bits per heavy atom. The van der Waals surface area contributed by atoms with Crippen LogP contribution in [0.1, 0.15) is 29.4 Å². The van der Waals surface area contributed by atoms with Gasteiger partial charge in [-0.3, -0.25) is 9.48 Å². The quantitative estimate of drug-likeness (QED) is 0.644. The van der Waals surface area contributed by atoms with Gasteiger partial charge in [-0.05, 0) is 56.5 Å². The van der Waals surface area contributed by atoms with E-state index < -0.39 is 0 Å². The summed E-state index contributed by atoms with van der Waals surface area (Å²) in [4.78, 5) is 12.5. The maximum absolute atomic E-state index is 12.5. The van der Waals surface area contributed by atoms with E-state index in [4.69, 9.17) is 5.73 Å². The van der Waals surface area contributed by atoms with Crippen LogP contribution in [0, 0.1) is 0 Å². The van der Waals surface area contributed by atoms with Crippen LogP contribution in [0.4, 0.5) is 5.69 Å². The summed E-state index contributed by atoms with van der Waals surface area (Å²) in [7, 11) is 0. The summed E-state index contributed by atoms with van der Waals surface area (Å²) in [5.74, 6) is -0.0708. The molecule has 0 amide bonds. The van der Waals surface area contributed by atoms with E-state index in [1.165, 1.54) is 0 Å². The average molecular weight is 387 g/mol. The number of nitrogens with two attached hydrogens (primary N) is 1. The van der Waals surface area contributed by atoms with Crippen LogP contribution in [0.15, 0.2) is 33.3 Å². The SMILES string of the molecule is CCCn1ncc(Br)c1C(=O)c1ccc(N)c(Br)c1. The summed E-state index contributed by atoms with van der Waals surface area (Å²) < 4.78 is 3.14. The highest BCUT2D eigenvalue weighted by Gasteiger charge is 2.19. The van der Waals surface area contributed by atoms with Crippen LogP contribution < -0.4 is 5.73 Å². The fourth-order valence-electron chi connectivity index (χ4n) is 1.77. The first-order valence-corrected chi connectivity index (χ1v) is 7.44. The average Bonchev–Trinajstić information content (AvgIpc) is 2.74. The van der Waals surface area contributed by atoms with E-state index in [9.17, 15) is 4.79 Å². The number of benzene rings is 1. The first kappa shape index (κ1) is 14.3. The number of halogens is 2. The Hall–Kier alpha value is -1.14. The van der Waals surface area contributed by atoms with Crippen molar-refractivity contribution < 1.29 is 4.79 Å². The number of aryl methyl sites for hydroxylation is 1. The van der Waals surface area contributed by atoms with Gasteiger partial charge in [-0.25, -0.2) is 0 Å². The fourth-order valence-corrected chi connectivity index (χ4v) is 2.63. The predicted molar refractivity (Wildman–Crippen MR) is 82.2 cm³/mol. The molecule has 0 bridgehead atoms. The van der Waals surface area contributed by atoms with Gasteiger partial charge in [-0.1, -0.05) is 6.92 Å². The van der Waals surface area contributed by atoms with Crippen LogP contribution in [0.25, 0.3) is 0 Å². The number of rotatable bonds is 4. The number of nitrogen functional groups attached to an aromatic ring is 1. The Balaban J connectivity index is 2.43. The van der Waals surface area contributed by atoms with E-state index in [0.717, 1.165) is 10.9 Å². The number of aromatic nitrogens is 2. The number of hydrogen-bond acceptors (Lipinski definition) is 3. The number of anilines is 1. The summed E-state index contributed by atoms with van der Waals surface area (Å²) in [5.41, 5.74) is 7.49. The summed E-state index contributed by atoms with van der Waals surface area (Å²) in [6.45, 7) is 2.76. The standard InChI is InChI=1S/C13H13Br2N3O/c1-2-5-18-12(10(15)7-17-18)13(19)8-3-4-11(16)9(14)6-8/h3-4,6-7H,2,5,16H2,1H3. The summed E-state index contributed by atoms with van der Waals surface area (Å²) >= 11 is 6.71. The molecule has 2 rings (SSSR count). The summed E-state index contributed by atoms with van der Waals surface area (Å²) in [5, 5.41) is 4.20. The zero-order valence-corrected chi connectivity index (χ0v) is 13.5. The molecule has 2 N–H and O–H groups in total. The molecule has 4 nitrogen and oxygen atoms in total. The van der Waals surface area contributed by atoms with Crippen molar-refractivity contribution in [2.75, 3.05) is 5.73 Å². The lowest BCUT2D eigenvalue weighted by Crippen LogP contribution is -2.12. The Bertz CT molecular complexity index is 622. The zero-order chi connectivity index (χ0) is 14.0. The van der Waals surface area contributed by atoms with Crippen LogP contribution >= 0.6 is 31.9 Å². The highest BCUT2D eigenvalue weighted by atomic mass is 79.9. The van der Waals surface area contributed by atoms with Crippen molar-refractivity contribution in [3.8, 4) is 0 Å². The molecule has 0 fully saturated rings. The molecule has 2 aromatic rings. The molecule has 0 spiro atoms. The molecule has 100 valence electrons. The molecule has 0 radical (unpaired) electrons. The molecule has 1 heterocycles. The van der Waals surface area contributed by atoms with Crippen LogP contribution in [-0.4, -0.2) is 15.6 Å². The maximum Gasteiger partial charge on any atom is 0.212 e. The zero-order valence-electron chi connectivity index (χ0n) is 10.4. The lowest BCUT2D eigenvalue weighted by atomic mass is 10.1. The number of nitrogens with zero attached hydrogens (tertiary/aromatic N) is 2. The van der Waals surface area contributed by atoms with Gasteiger partial charge >= 0.3 is 0 Å². The highest BCUT2D eigenvalue weighted by molar-refractivity contribution is 9.11. The van der Waals surface area contributed by atoms with Crippen molar-refractivity contribution in [2.24, 2.45) is 0 Å². The first-order valence-electron chi connectivity index (χ1n) is 5.85. The monoisotopic (exact) mass is 385 g/mol. The van der Waals surface area contributed by atoms with Gasteiger partial charge in [0, 0.05) is 22.3 Å². The molecule has 0 atom stereocenters. The van der Waals surface area contributed by atoms with Crippen molar-refractivity contribution in [3.05, 3.63) is 44.6 Å². The number of hydrogen-bond donors (Lipinski definition) is 1. The molecule has 0 saturated carbocycles. The molecular weight excluding hydrogens is 374 g/mol. The number of carbonyl (C=O) groups is 1. The third kappa shape index (κ3) is 2.90. The second-order valence-electron chi connectivity index (χ2n) is 4.13. The first-order chi connectivity index (χ1) is 9.04. The smallest absolute Gasteiger partial charge is 0.212 e. The van der Waals surface area contributed by atoms with E-state index in [1.54, 1.807) is 29.1 Å². The predicted octanol–water partition coefficient (Wildman–Crippen LogP) is 3.63. The van der Waals surface area contributed by atoms with Crippen LogP contribution in [-0.2, 0) is 6.54 Å². The van der Waals surface area contributed by atoms with Crippen LogP contribution in [0.3, 0.4) is 0 Å². The molecule has 19 heavy (non-hydrogen) atoms. The number of ketones is 1. The van der Waals surface area contributed by atoms with Crippen LogP contribution in [0.2, 0.25) is 0 Å². The lowest BCUT2D eigenvalue weighted by Gasteiger charge is -2.07. The Morgan fingerprint density at radius 3 is 2.74 bits per heavy atom. The Labute approximate surface area is 128 Å². The molecule has 1 aromatic heterocycles. The van der Waals surface area contributed by atoms with Gasteiger partial charge in [0.15, 0.2) is 0 Å². The van der Waals surface area contributed by atoms with Gasteiger partial charge in [0.25, 0.3) is 0 Å². The molecule has 1 aromatic carbocycles. The summed E-state index contributed by atoms with van der Waals surface area (Å²) in [6, 6.07) is 5.16. The third-order valence-electron chi connectivity index (χ3n) is 2.71. The van der Waals surface area contributed by atoms with Crippen LogP contribution in [0.5, 0.6) is 0 Å². The minimum Gasteiger partial charge on any atom is -0.398 e. The van der Waals surface area contributed by atoms with E-state index in [0.29, 0.717) is 28.0 Å². The van der Waals surface area contributed by atoms with Gasteiger partial charge in [-0.15, -0.1) is 0 Å². The highest BCUT2D eigenvalue weighted by Crippen LogP contribution is 2.25. The van der Waals surface area contributed by atoms with E-state index in [-0.39, 0.29) is 5.78 Å². The van der Waals surface area contributed by atoms with Gasteiger partial charge < -0.3 is 5.73 Å². The van der Waals surface area contributed by atoms with E-state index >= 15 is 0 Å². The van der Waals surface area contributed by atoms with Crippen molar-refractivity contribution in [2.45, 2.75) is 19.9 Å². The van der Waals surface area contributed by atoms with Crippen molar-refractivity contribution in [1.29, 1.82) is 0 Å². The second kappa shape index (κ2) is 5.88. The van der Waals surface area contributed by atoms with E-state index in [2.05, 4.69) is 37.0 Å². The molecule has 6 heteroatoms. The summed E-state index contributed by atoms with van der Waals surface area (Å²) in [6.07, 6.45) is 2.56. The van der Waals surface area contributed by atoms with E-state index in [1.807, 2.05) is 6.92 Å². The molecule has 0 unspecified atom stereocenters. The van der Waals surface area contributed by atoms with Crippen molar-refractivity contribution >= 4 is 43.3 Å². The van der Waals surface area contributed by atoms with Gasteiger partial charge in [0.1, 0.15) is 5.69 Å². The minimum atomic E-state index is -0.0708. The van der Waals surface area contributed by atoms with Gasteiger partial charge in [-0.2, -0.15) is 5.10 Å². The molecule has 0 aliphatic heterocycles. The van der Waals surface area contributed by atoms with Gasteiger partial charge in [0.05, 0.1) is 10.7 Å².